The van der Waals surface area contributed by atoms with Gasteiger partial charge in [-0.2, -0.15) is 0 Å². The van der Waals surface area contributed by atoms with Crippen LogP contribution in [0.15, 0.2) is 0 Å². The number of amides is 1. The van der Waals surface area contributed by atoms with Crippen LogP contribution in [0.25, 0.3) is 0 Å². The van der Waals surface area contributed by atoms with E-state index in [0.29, 0.717) is 6.42 Å². The molecular weight excluding hydrogens is 411 g/mol. The van der Waals surface area contributed by atoms with E-state index in [1.807, 2.05) is 0 Å². The SMILES string of the molecule is CCCCCCCCCCCC(=O)N(CCO)CCN(C(C)C(=O)O)C(C)C(=O)O.[NaH]. The van der Waals surface area contributed by atoms with Gasteiger partial charge in [0.1, 0.15) is 12.1 Å². The Kier molecular flexibility index (Phi) is 20.9. The van der Waals surface area contributed by atoms with Gasteiger partial charge in [0.25, 0.3) is 0 Å². The number of carboxylic acids is 2. The molecule has 0 radical (unpaired) electrons. The van der Waals surface area contributed by atoms with E-state index in [-0.39, 0.29) is 61.7 Å². The topological polar surface area (TPSA) is 118 Å². The molecule has 31 heavy (non-hydrogen) atoms. The van der Waals surface area contributed by atoms with Gasteiger partial charge >= 0.3 is 41.5 Å². The van der Waals surface area contributed by atoms with Crippen molar-refractivity contribution in [2.24, 2.45) is 0 Å². The van der Waals surface area contributed by atoms with E-state index in [1.54, 1.807) is 0 Å². The van der Waals surface area contributed by atoms with Crippen LogP contribution in [0.1, 0.15) is 85.0 Å². The molecule has 0 fully saturated rings. The fraction of sp³-hybridized carbons (Fsp3) is 0.864. The zero-order valence-corrected chi connectivity index (χ0v) is 19.0. The first-order valence-electron chi connectivity index (χ1n) is 11.4. The molecule has 0 aliphatic carbocycles. The van der Waals surface area contributed by atoms with Gasteiger partial charge in [0, 0.05) is 26.1 Å². The average Bonchev–Trinajstić information content (AvgIpc) is 2.71. The van der Waals surface area contributed by atoms with Gasteiger partial charge in [-0.3, -0.25) is 19.3 Å². The van der Waals surface area contributed by atoms with Gasteiger partial charge in [0.05, 0.1) is 6.61 Å². The van der Waals surface area contributed by atoms with E-state index in [1.165, 1.54) is 62.2 Å². The Morgan fingerprint density at radius 1 is 0.742 bits per heavy atom. The van der Waals surface area contributed by atoms with Gasteiger partial charge in [-0.1, -0.05) is 58.3 Å². The zero-order chi connectivity index (χ0) is 22.9. The maximum atomic E-state index is 12.5. The number of aliphatic hydroxyl groups excluding tert-OH is 1. The first-order valence-corrected chi connectivity index (χ1v) is 11.4. The average molecular weight is 455 g/mol. The second kappa shape index (κ2) is 20.0. The molecule has 3 N–H and O–H groups in total. The Bertz CT molecular complexity index is 486. The van der Waals surface area contributed by atoms with Gasteiger partial charge in [0.2, 0.25) is 5.91 Å². The number of hydrogen-bond donors (Lipinski definition) is 3. The number of aliphatic hydroxyl groups is 1. The molecule has 0 heterocycles. The fourth-order valence-electron chi connectivity index (χ4n) is 3.47. The van der Waals surface area contributed by atoms with Crippen LogP contribution in [0.2, 0.25) is 0 Å². The number of aliphatic carboxylic acids is 2. The van der Waals surface area contributed by atoms with Gasteiger partial charge in [0.15, 0.2) is 0 Å². The molecule has 0 aromatic heterocycles. The summed E-state index contributed by atoms with van der Waals surface area (Å²) in [4.78, 5) is 38.0. The molecule has 0 spiro atoms. The molecule has 9 heteroatoms. The fourth-order valence-corrected chi connectivity index (χ4v) is 3.47. The number of carboxylic acid groups (broad SMARTS) is 2. The predicted octanol–water partition coefficient (Wildman–Crippen LogP) is 2.33. The van der Waals surface area contributed by atoms with Gasteiger partial charge in [-0.15, -0.1) is 0 Å². The van der Waals surface area contributed by atoms with Crippen molar-refractivity contribution < 1.29 is 29.7 Å². The van der Waals surface area contributed by atoms with Crippen molar-refractivity contribution >= 4 is 47.4 Å². The Labute approximate surface area is 209 Å². The molecule has 8 nitrogen and oxygen atoms in total. The summed E-state index contributed by atoms with van der Waals surface area (Å²) in [6, 6.07) is -1.97. The third-order valence-corrected chi connectivity index (χ3v) is 5.55. The monoisotopic (exact) mass is 454 g/mol. The Morgan fingerprint density at radius 2 is 1.19 bits per heavy atom. The summed E-state index contributed by atoms with van der Waals surface area (Å²) in [5, 5.41) is 27.8. The summed E-state index contributed by atoms with van der Waals surface area (Å²) in [5.74, 6) is -2.31. The molecule has 178 valence electrons. The molecule has 0 aliphatic rings. The molecule has 1 amide bonds. The maximum absolute atomic E-state index is 12.5. The van der Waals surface area contributed by atoms with Crippen LogP contribution in [0.4, 0.5) is 0 Å². The van der Waals surface area contributed by atoms with Crippen molar-refractivity contribution in [1.82, 2.24) is 9.80 Å². The zero-order valence-electron chi connectivity index (χ0n) is 19.0. The quantitative estimate of drug-likeness (QED) is 0.202. The molecule has 0 aromatic carbocycles. The Morgan fingerprint density at radius 3 is 1.61 bits per heavy atom. The summed E-state index contributed by atoms with van der Waals surface area (Å²) < 4.78 is 0. The van der Waals surface area contributed by atoms with E-state index in [4.69, 9.17) is 0 Å². The second-order valence-electron chi connectivity index (χ2n) is 7.95. The second-order valence-corrected chi connectivity index (χ2v) is 7.95. The summed E-state index contributed by atoms with van der Waals surface area (Å²) >= 11 is 0. The van der Waals surface area contributed by atoms with Crippen molar-refractivity contribution in [1.29, 1.82) is 0 Å². The number of carbonyl (C=O) groups excluding carboxylic acids is 1. The van der Waals surface area contributed by atoms with Crippen LogP contribution in [0.5, 0.6) is 0 Å². The van der Waals surface area contributed by atoms with Gasteiger partial charge < -0.3 is 20.2 Å². The standard InChI is InChI=1S/C22H42N2O6.Na.H/c1-4-5-6-7-8-9-10-11-12-13-20(26)23(16-17-25)14-15-24(18(2)21(27)28)19(3)22(29)30;;/h18-19,25H,4-17H2,1-3H3,(H,27,28)(H,29,30);;. The third-order valence-electron chi connectivity index (χ3n) is 5.55. The number of rotatable bonds is 19. The van der Waals surface area contributed by atoms with Crippen molar-refractivity contribution in [2.45, 2.75) is 97.1 Å². The van der Waals surface area contributed by atoms with Crippen LogP contribution in [-0.2, 0) is 14.4 Å². The summed E-state index contributed by atoms with van der Waals surface area (Å²) in [5.41, 5.74) is 0. The molecule has 0 saturated heterocycles. The third kappa shape index (κ3) is 14.9. The van der Waals surface area contributed by atoms with Crippen LogP contribution in [0.3, 0.4) is 0 Å². The van der Waals surface area contributed by atoms with E-state index < -0.39 is 24.0 Å². The normalized spacial score (nSPS) is 12.8. The molecular formula is C22H43N2NaO6. The van der Waals surface area contributed by atoms with E-state index in [9.17, 15) is 29.7 Å². The number of nitrogens with zero attached hydrogens (tertiary/aromatic N) is 2. The Balaban J connectivity index is 0. The number of carbonyl (C=O) groups is 3. The van der Waals surface area contributed by atoms with Gasteiger partial charge in [-0.25, -0.2) is 0 Å². The molecule has 0 aliphatic heterocycles. The molecule has 2 atom stereocenters. The van der Waals surface area contributed by atoms with Crippen molar-refractivity contribution in [3.63, 3.8) is 0 Å². The number of hydrogen-bond acceptors (Lipinski definition) is 5. The predicted molar refractivity (Wildman–Crippen MR) is 124 cm³/mol. The first-order chi connectivity index (χ1) is 14.3. The minimum atomic E-state index is -1.11. The summed E-state index contributed by atoms with van der Waals surface area (Å²) in [7, 11) is 0. The van der Waals surface area contributed by atoms with Crippen molar-refractivity contribution in [3.05, 3.63) is 0 Å². The van der Waals surface area contributed by atoms with Gasteiger partial charge in [-0.05, 0) is 20.3 Å². The molecule has 2 unspecified atom stereocenters. The molecule has 0 bridgehead atoms. The minimum absolute atomic E-state index is 0. The molecule has 0 rings (SSSR count). The summed E-state index contributed by atoms with van der Waals surface area (Å²) in [6.07, 6.45) is 10.8. The number of unbranched alkanes of at least 4 members (excludes halogenated alkanes) is 8. The van der Waals surface area contributed by atoms with E-state index in [2.05, 4.69) is 6.92 Å². The van der Waals surface area contributed by atoms with E-state index in [0.717, 1.165) is 19.3 Å². The van der Waals surface area contributed by atoms with Crippen LogP contribution in [-0.4, -0.2) is 111 Å². The van der Waals surface area contributed by atoms with Crippen LogP contribution >= 0.6 is 0 Å². The van der Waals surface area contributed by atoms with Crippen LogP contribution in [0, 0.1) is 0 Å². The van der Waals surface area contributed by atoms with Crippen molar-refractivity contribution in [2.75, 3.05) is 26.2 Å². The first kappa shape index (κ1) is 32.5. The van der Waals surface area contributed by atoms with Crippen molar-refractivity contribution in [3.8, 4) is 0 Å². The molecule has 0 aromatic rings. The van der Waals surface area contributed by atoms with Crippen LogP contribution < -0.4 is 0 Å². The Hall–Kier alpha value is -0.670. The molecule has 0 saturated carbocycles. The van der Waals surface area contributed by atoms with E-state index >= 15 is 0 Å². The summed E-state index contributed by atoms with van der Waals surface area (Å²) in [6.45, 7) is 5.34.